The van der Waals surface area contributed by atoms with Gasteiger partial charge in [-0.25, -0.2) is 0 Å². The molecule has 2 heteroatoms. The monoisotopic (exact) mass is 707 g/mol. The van der Waals surface area contributed by atoms with Crippen molar-refractivity contribution in [3.8, 4) is 22.3 Å². The van der Waals surface area contributed by atoms with E-state index in [1.54, 1.807) is 0 Å². The average molecular weight is 708 g/mol. The molecule has 264 valence electrons. The molecule has 0 spiro atoms. The predicted octanol–water partition coefficient (Wildman–Crippen LogP) is 14.4. The van der Waals surface area contributed by atoms with E-state index < -0.39 is 5.41 Å². The van der Waals surface area contributed by atoms with Gasteiger partial charge in [0.15, 0.2) is 0 Å². The molecule has 1 aromatic heterocycles. The third-order valence-electron chi connectivity index (χ3n) is 11.5. The van der Waals surface area contributed by atoms with Gasteiger partial charge < -0.3 is 9.32 Å². The Hall–Kier alpha value is -6.64. The molecular weight excluding hydrogens is 667 g/mol. The zero-order valence-electron chi connectivity index (χ0n) is 31.3. The molecule has 2 nitrogen and oxygen atoms in total. The lowest BCUT2D eigenvalue weighted by Gasteiger charge is -2.35. The second kappa shape index (κ2) is 12.7. The van der Waals surface area contributed by atoms with Crippen molar-refractivity contribution in [3.63, 3.8) is 0 Å². The van der Waals surface area contributed by atoms with Crippen molar-refractivity contribution in [1.82, 2.24) is 0 Å². The lowest BCUT2D eigenvalue weighted by Crippen LogP contribution is -2.28. The summed E-state index contributed by atoms with van der Waals surface area (Å²) in [4.78, 5) is 2.44. The van der Waals surface area contributed by atoms with Gasteiger partial charge in [-0.2, -0.15) is 0 Å². The van der Waals surface area contributed by atoms with E-state index in [4.69, 9.17) is 4.42 Å². The number of para-hydroxylation sites is 1. The second-order valence-electron chi connectivity index (χ2n) is 15.7. The molecule has 55 heavy (non-hydrogen) atoms. The van der Waals surface area contributed by atoms with E-state index in [0.29, 0.717) is 0 Å². The van der Waals surface area contributed by atoms with Crippen LogP contribution in [0.25, 0.3) is 44.2 Å². The summed E-state index contributed by atoms with van der Waals surface area (Å²) in [6, 6.07) is 70.7. The van der Waals surface area contributed by atoms with Gasteiger partial charge in [0.05, 0.1) is 16.5 Å². The van der Waals surface area contributed by atoms with E-state index in [-0.39, 0.29) is 5.41 Å². The van der Waals surface area contributed by atoms with E-state index in [0.717, 1.165) is 44.6 Å². The standard InChI is InChI=1S/C53H41NO/c1-52(2,3)38-29-33-42(34-30-38)54(41-31-27-37(28-32-41)36-17-7-4-8-18-36)47-35-46-49(51-50(47)44-24-14-16-26-48(44)55-51)43-23-13-15-25-45(43)53(46,39-19-9-5-10-20-39)40-21-11-6-12-22-40/h4-35H,1-3H3. The van der Waals surface area contributed by atoms with Crippen LogP contribution in [0.1, 0.15) is 48.6 Å². The Bertz CT molecular complexity index is 2770. The minimum atomic E-state index is -0.588. The van der Waals surface area contributed by atoms with Crippen molar-refractivity contribution in [2.24, 2.45) is 0 Å². The molecule has 10 rings (SSSR count). The maximum atomic E-state index is 7.09. The molecule has 0 saturated heterocycles. The summed E-state index contributed by atoms with van der Waals surface area (Å²) >= 11 is 0. The summed E-state index contributed by atoms with van der Waals surface area (Å²) in [6.45, 7) is 6.82. The van der Waals surface area contributed by atoms with Gasteiger partial charge in [0.1, 0.15) is 11.2 Å². The lowest BCUT2D eigenvalue weighted by atomic mass is 9.67. The zero-order valence-corrected chi connectivity index (χ0v) is 31.3. The van der Waals surface area contributed by atoms with Gasteiger partial charge in [0.2, 0.25) is 0 Å². The van der Waals surface area contributed by atoms with Gasteiger partial charge in [0.25, 0.3) is 0 Å². The smallest absolute Gasteiger partial charge is 0.145 e. The Morgan fingerprint density at radius 1 is 0.491 bits per heavy atom. The molecule has 0 N–H and O–H groups in total. The molecule has 1 aliphatic rings. The molecule has 1 aliphatic carbocycles. The summed E-state index contributed by atoms with van der Waals surface area (Å²) < 4.78 is 7.09. The van der Waals surface area contributed by atoms with Crippen LogP contribution in [0.5, 0.6) is 0 Å². The molecule has 0 amide bonds. The van der Waals surface area contributed by atoms with Crippen LogP contribution >= 0.6 is 0 Å². The Morgan fingerprint density at radius 3 is 1.65 bits per heavy atom. The fraction of sp³-hybridized carbons (Fsp3) is 0.0943. The van der Waals surface area contributed by atoms with E-state index in [1.165, 1.54) is 44.5 Å². The molecule has 8 aromatic carbocycles. The lowest BCUT2D eigenvalue weighted by molar-refractivity contribution is 0.590. The van der Waals surface area contributed by atoms with E-state index in [1.807, 2.05) is 0 Å². The third-order valence-corrected chi connectivity index (χ3v) is 11.5. The summed E-state index contributed by atoms with van der Waals surface area (Å²) in [6.07, 6.45) is 0. The van der Waals surface area contributed by atoms with Crippen LogP contribution in [0.3, 0.4) is 0 Å². The van der Waals surface area contributed by atoms with Gasteiger partial charge >= 0.3 is 0 Å². The maximum Gasteiger partial charge on any atom is 0.145 e. The molecule has 0 radical (unpaired) electrons. The van der Waals surface area contributed by atoms with Gasteiger partial charge in [0, 0.05) is 22.3 Å². The SMILES string of the molecule is CC(C)(C)c1ccc(N(c2ccc(-c3ccccc3)cc2)c2cc3c(c4oc5ccccc5c24)-c2ccccc2C3(c2ccccc2)c2ccccc2)cc1. The Labute approximate surface area is 323 Å². The van der Waals surface area contributed by atoms with Crippen LogP contribution in [0.15, 0.2) is 199 Å². The number of benzene rings is 8. The number of furan rings is 1. The summed E-state index contributed by atoms with van der Waals surface area (Å²) in [5.41, 5.74) is 15.4. The van der Waals surface area contributed by atoms with Crippen molar-refractivity contribution >= 4 is 39.0 Å². The quantitative estimate of drug-likeness (QED) is 0.171. The summed E-state index contributed by atoms with van der Waals surface area (Å²) in [7, 11) is 0. The molecule has 0 bridgehead atoms. The molecule has 9 aromatic rings. The molecule has 0 saturated carbocycles. The molecule has 0 atom stereocenters. The van der Waals surface area contributed by atoms with Crippen LogP contribution in [0.2, 0.25) is 0 Å². The van der Waals surface area contributed by atoms with E-state index in [2.05, 4.69) is 220 Å². The highest BCUT2D eigenvalue weighted by Gasteiger charge is 2.48. The van der Waals surface area contributed by atoms with Crippen molar-refractivity contribution < 1.29 is 4.42 Å². The second-order valence-corrected chi connectivity index (χ2v) is 15.7. The van der Waals surface area contributed by atoms with Crippen molar-refractivity contribution in [3.05, 3.63) is 222 Å². The predicted molar refractivity (Wildman–Crippen MR) is 230 cm³/mol. The highest BCUT2D eigenvalue weighted by Crippen LogP contribution is 2.60. The molecule has 1 heterocycles. The topological polar surface area (TPSA) is 16.4 Å². The molecule has 0 aliphatic heterocycles. The largest absolute Gasteiger partial charge is 0.455 e. The normalized spacial score (nSPS) is 13.1. The van der Waals surface area contributed by atoms with Crippen molar-refractivity contribution in [2.75, 3.05) is 4.90 Å². The molecule has 0 unspecified atom stereocenters. The first kappa shape index (κ1) is 33.0. The van der Waals surface area contributed by atoms with E-state index >= 15 is 0 Å². The first-order valence-electron chi connectivity index (χ1n) is 19.2. The van der Waals surface area contributed by atoms with Gasteiger partial charge in [-0.15, -0.1) is 0 Å². The highest BCUT2D eigenvalue weighted by atomic mass is 16.3. The van der Waals surface area contributed by atoms with Gasteiger partial charge in [-0.3, -0.25) is 0 Å². The number of anilines is 3. The minimum Gasteiger partial charge on any atom is -0.455 e. The molecule has 0 fully saturated rings. The first-order chi connectivity index (χ1) is 26.9. The zero-order chi connectivity index (χ0) is 37.1. The number of hydrogen-bond donors (Lipinski definition) is 0. The average Bonchev–Trinajstić information content (AvgIpc) is 3.76. The molecular formula is C53H41NO. The minimum absolute atomic E-state index is 0.0268. The fourth-order valence-corrected chi connectivity index (χ4v) is 8.93. The van der Waals surface area contributed by atoms with Crippen LogP contribution in [-0.2, 0) is 10.8 Å². The first-order valence-corrected chi connectivity index (χ1v) is 19.2. The Balaban J connectivity index is 1.33. The van der Waals surface area contributed by atoms with Crippen molar-refractivity contribution in [2.45, 2.75) is 31.6 Å². The number of hydrogen-bond acceptors (Lipinski definition) is 2. The highest BCUT2D eigenvalue weighted by molar-refractivity contribution is 6.19. The van der Waals surface area contributed by atoms with Crippen molar-refractivity contribution in [1.29, 1.82) is 0 Å². The number of rotatable bonds is 6. The number of nitrogens with zero attached hydrogens (tertiary/aromatic N) is 1. The van der Waals surface area contributed by atoms with Gasteiger partial charge in [-0.05, 0) is 86.3 Å². The Kier molecular flexibility index (Phi) is 7.64. The summed E-state index contributed by atoms with van der Waals surface area (Å²) in [5.74, 6) is 0. The van der Waals surface area contributed by atoms with Crippen LogP contribution in [0, 0.1) is 0 Å². The summed E-state index contributed by atoms with van der Waals surface area (Å²) in [5, 5.41) is 2.20. The third kappa shape index (κ3) is 5.16. The number of fused-ring (bicyclic) bond motifs is 7. The van der Waals surface area contributed by atoms with Crippen LogP contribution in [0.4, 0.5) is 17.1 Å². The van der Waals surface area contributed by atoms with Gasteiger partial charge in [-0.1, -0.05) is 178 Å². The fourth-order valence-electron chi connectivity index (χ4n) is 8.93. The van der Waals surface area contributed by atoms with Crippen LogP contribution < -0.4 is 4.90 Å². The van der Waals surface area contributed by atoms with Crippen LogP contribution in [-0.4, -0.2) is 0 Å². The van der Waals surface area contributed by atoms with E-state index in [9.17, 15) is 0 Å². The maximum absolute atomic E-state index is 7.09. The Morgan fingerprint density at radius 2 is 1.02 bits per heavy atom.